The number of azide groups is 1. The van der Waals surface area contributed by atoms with E-state index in [1.165, 1.54) is 0 Å². The van der Waals surface area contributed by atoms with Crippen LogP contribution in [0, 0.1) is 0 Å². The first-order valence-corrected chi connectivity index (χ1v) is 15.0. The molecule has 3 N–H and O–H groups in total. The van der Waals surface area contributed by atoms with Gasteiger partial charge in [-0.05, 0) is 36.9 Å². The van der Waals surface area contributed by atoms with Crippen LogP contribution in [0.25, 0.3) is 10.4 Å². The summed E-state index contributed by atoms with van der Waals surface area (Å²) in [6, 6.07) is 2.21. The van der Waals surface area contributed by atoms with Gasteiger partial charge in [-0.1, -0.05) is 5.11 Å². The van der Waals surface area contributed by atoms with Crippen molar-refractivity contribution in [1.82, 2.24) is 0 Å². The van der Waals surface area contributed by atoms with Crippen LogP contribution < -0.4 is 14.2 Å². The van der Waals surface area contributed by atoms with Crippen molar-refractivity contribution in [3.05, 3.63) is 28.1 Å². The normalized spacial score (nSPS) is 11.9. The minimum absolute atomic E-state index is 0.181. The molecule has 20 heteroatoms. The monoisotopic (exact) mass is 591 g/mol. The number of hydrogen-bond acceptors (Lipinski definition) is 12. The summed E-state index contributed by atoms with van der Waals surface area (Å²) in [5, 5.41) is 3.06. The molecule has 0 amide bonds. The average molecular weight is 592 g/mol. The minimum Gasteiger partial charge on any atom is -0.489 e. The van der Waals surface area contributed by atoms with Crippen LogP contribution in [0.4, 0.5) is 0 Å². The highest BCUT2D eigenvalue weighted by atomic mass is 32.2. The number of rotatable bonds is 18. The third-order valence-corrected chi connectivity index (χ3v) is 6.39. The first-order chi connectivity index (χ1) is 17.1. The molecule has 0 aliphatic rings. The Hall–Kier alpha value is -2.87. The van der Waals surface area contributed by atoms with Gasteiger partial charge in [0, 0.05) is 4.91 Å². The molecule has 0 fully saturated rings. The number of ether oxygens (including phenoxy) is 4. The summed E-state index contributed by atoms with van der Waals surface area (Å²) in [7, 11) is -12.9. The molecule has 0 unspecified atom stereocenters. The Balaban J connectivity index is 3.28. The minimum atomic E-state index is -4.29. The Labute approximate surface area is 212 Å². The van der Waals surface area contributed by atoms with Crippen LogP contribution in [0.3, 0.4) is 0 Å². The maximum absolute atomic E-state index is 12.4. The second-order valence-electron chi connectivity index (χ2n) is 7.06. The lowest BCUT2D eigenvalue weighted by Crippen LogP contribution is -2.13. The summed E-state index contributed by atoms with van der Waals surface area (Å²) in [5.41, 5.74) is 8.10. The van der Waals surface area contributed by atoms with Gasteiger partial charge in [0.05, 0.1) is 42.6 Å². The number of esters is 1. The van der Waals surface area contributed by atoms with Gasteiger partial charge in [-0.3, -0.25) is 13.7 Å². The summed E-state index contributed by atoms with van der Waals surface area (Å²) in [4.78, 5) is 14.8. The van der Waals surface area contributed by atoms with Crippen molar-refractivity contribution >= 4 is 36.3 Å². The summed E-state index contributed by atoms with van der Waals surface area (Å²) >= 11 is 0. The van der Waals surface area contributed by atoms with E-state index in [0.717, 1.165) is 12.1 Å². The van der Waals surface area contributed by atoms with E-state index in [0.29, 0.717) is 0 Å². The Kier molecular flexibility index (Phi) is 12.8. The van der Waals surface area contributed by atoms with Crippen molar-refractivity contribution in [3.63, 3.8) is 0 Å². The van der Waals surface area contributed by atoms with Gasteiger partial charge in [-0.2, -0.15) is 25.3 Å². The van der Waals surface area contributed by atoms with Crippen LogP contribution in [0.5, 0.6) is 17.2 Å². The molecule has 0 spiro atoms. The molecule has 1 rings (SSSR count). The fraction of sp³-hybridized carbons (Fsp3) is 0.588. The van der Waals surface area contributed by atoms with Crippen LogP contribution in [0.15, 0.2) is 17.2 Å². The third kappa shape index (κ3) is 15.1. The molecule has 0 radical (unpaired) electrons. The van der Waals surface area contributed by atoms with Crippen LogP contribution in [0.1, 0.15) is 29.6 Å². The first kappa shape index (κ1) is 32.2. The zero-order valence-electron chi connectivity index (χ0n) is 19.1. The highest BCUT2D eigenvalue weighted by Crippen LogP contribution is 2.39. The van der Waals surface area contributed by atoms with Gasteiger partial charge in [0.15, 0.2) is 18.2 Å². The molecule has 0 aromatic heterocycles. The molecule has 0 heterocycles. The largest absolute Gasteiger partial charge is 0.489 e. The molecule has 0 bridgehead atoms. The maximum atomic E-state index is 12.4. The maximum Gasteiger partial charge on any atom is 0.338 e. The van der Waals surface area contributed by atoms with Crippen molar-refractivity contribution in [2.75, 3.05) is 43.8 Å². The van der Waals surface area contributed by atoms with Crippen LogP contribution in [-0.2, 0) is 35.1 Å². The average Bonchev–Trinajstić information content (AvgIpc) is 2.76. The molecule has 1 aromatic rings. The molecule has 0 aliphatic carbocycles. The number of nitrogens with zero attached hydrogens (tertiary/aromatic N) is 3. The van der Waals surface area contributed by atoms with Crippen molar-refractivity contribution in [2.24, 2.45) is 5.11 Å². The Bertz CT molecular complexity index is 1230. The highest BCUT2D eigenvalue weighted by molar-refractivity contribution is 7.86. The number of hydrogen-bond donors (Lipinski definition) is 3. The highest BCUT2D eigenvalue weighted by Gasteiger charge is 2.21. The van der Waals surface area contributed by atoms with Gasteiger partial charge >= 0.3 is 5.97 Å². The first-order valence-electron chi connectivity index (χ1n) is 10.2. The fourth-order valence-corrected chi connectivity index (χ4v) is 3.96. The van der Waals surface area contributed by atoms with Gasteiger partial charge in [0.1, 0.15) is 0 Å². The summed E-state index contributed by atoms with van der Waals surface area (Å²) in [6.07, 6.45) is -0.548. The smallest absolute Gasteiger partial charge is 0.338 e. The molecule has 0 saturated heterocycles. The van der Waals surface area contributed by atoms with E-state index in [2.05, 4.69) is 10.0 Å². The SMILES string of the molecule is [N-]=[N+]=NCOC(=O)c1cc(OCCCS(=O)(=O)O)c(OCCCS(=O)(=O)O)c(OCCCS(=O)(=O)O)c1. The lowest BCUT2D eigenvalue weighted by atomic mass is 10.2. The summed E-state index contributed by atoms with van der Waals surface area (Å²) < 4.78 is 113. The van der Waals surface area contributed by atoms with E-state index in [1.807, 2.05) is 0 Å². The van der Waals surface area contributed by atoms with Crippen LogP contribution in [-0.4, -0.2) is 88.7 Å². The molecule has 0 aliphatic heterocycles. The number of carbonyl (C=O) groups excluding carboxylic acids is 1. The third-order valence-electron chi connectivity index (χ3n) is 3.97. The Morgan fingerprint density at radius 1 is 0.784 bits per heavy atom. The van der Waals surface area contributed by atoms with Gasteiger partial charge in [-0.15, -0.1) is 0 Å². The lowest BCUT2D eigenvalue weighted by molar-refractivity contribution is 0.0514. The van der Waals surface area contributed by atoms with Crippen molar-refractivity contribution in [1.29, 1.82) is 0 Å². The van der Waals surface area contributed by atoms with Gasteiger partial charge < -0.3 is 18.9 Å². The molecular formula is C17H25N3O14S3. The molecule has 37 heavy (non-hydrogen) atoms. The second kappa shape index (κ2) is 14.8. The van der Waals surface area contributed by atoms with E-state index in [-0.39, 0.29) is 61.9 Å². The van der Waals surface area contributed by atoms with E-state index in [9.17, 15) is 30.0 Å². The summed E-state index contributed by atoms with van der Waals surface area (Å²) in [5.74, 6) is -3.55. The van der Waals surface area contributed by atoms with Gasteiger partial charge in [0.25, 0.3) is 30.4 Å². The molecule has 0 saturated carbocycles. The van der Waals surface area contributed by atoms with E-state index in [4.69, 9.17) is 38.1 Å². The fourth-order valence-electron chi connectivity index (χ4n) is 2.51. The van der Waals surface area contributed by atoms with Crippen molar-refractivity contribution in [3.8, 4) is 17.2 Å². The van der Waals surface area contributed by atoms with Gasteiger partial charge in [-0.25, -0.2) is 4.79 Å². The second-order valence-corrected chi connectivity index (χ2v) is 11.8. The molecule has 17 nitrogen and oxygen atoms in total. The molecular weight excluding hydrogens is 566 g/mol. The predicted octanol–water partition coefficient (Wildman–Crippen LogP) is 1.08. The predicted molar refractivity (Wildman–Crippen MR) is 125 cm³/mol. The summed E-state index contributed by atoms with van der Waals surface area (Å²) in [6.45, 7) is -1.57. The van der Waals surface area contributed by atoms with Crippen molar-refractivity contribution < 1.29 is 62.7 Å². The van der Waals surface area contributed by atoms with Crippen molar-refractivity contribution in [2.45, 2.75) is 19.3 Å². The molecule has 210 valence electrons. The molecule has 1 aromatic carbocycles. The van der Waals surface area contributed by atoms with Crippen LogP contribution in [0.2, 0.25) is 0 Å². The Morgan fingerprint density at radius 2 is 1.19 bits per heavy atom. The van der Waals surface area contributed by atoms with E-state index >= 15 is 0 Å². The molecule has 0 atom stereocenters. The topological polar surface area (TPSA) is 266 Å². The quantitative estimate of drug-likeness (QED) is 0.0538. The Morgan fingerprint density at radius 3 is 1.57 bits per heavy atom. The number of benzene rings is 1. The van der Waals surface area contributed by atoms with Gasteiger partial charge in [0.2, 0.25) is 5.75 Å². The number of carbonyl (C=O) groups is 1. The van der Waals surface area contributed by atoms with E-state index < -0.39 is 60.3 Å². The zero-order valence-corrected chi connectivity index (χ0v) is 21.6. The standard InChI is InChI=1S/C17H25N3O14S3/c18-20-19-12-34-17(21)13-10-14(31-4-1-7-35(22,23)24)16(33-6-3-9-37(28,29)30)15(11-13)32-5-2-8-36(25,26)27/h10-11H,1-9,12H2,(H,22,23,24)(H,25,26,27)(H,28,29,30). The lowest BCUT2D eigenvalue weighted by Gasteiger charge is -2.18. The van der Waals surface area contributed by atoms with E-state index in [1.54, 1.807) is 0 Å². The zero-order chi connectivity index (χ0) is 28.1. The van der Waals surface area contributed by atoms with Crippen LogP contribution >= 0.6 is 0 Å².